The minimum absolute atomic E-state index is 0.185. The molecule has 22 heavy (non-hydrogen) atoms. The van der Waals surface area contributed by atoms with Crippen LogP contribution < -0.4 is 15.2 Å². The molecule has 0 radical (unpaired) electrons. The van der Waals surface area contributed by atoms with Gasteiger partial charge < -0.3 is 20.1 Å². The van der Waals surface area contributed by atoms with Gasteiger partial charge >= 0.3 is 0 Å². The summed E-state index contributed by atoms with van der Waals surface area (Å²) in [6.07, 6.45) is 4.11. The quantitative estimate of drug-likeness (QED) is 0.905. The smallest absolute Gasteiger partial charge is 0.162 e. The van der Waals surface area contributed by atoms with E-state index in [-0.39, 0.29) is 6.10 Å². The molecule has 0 spiro atoms. The third-order valence-corrected chi connectivity index (χ3v) is 4.02. The number of piperidine rings is 1. The Hall–Kier alpha value is -2.21. The maximum Gasteiger partial charge on any atom is 0.162 e. The summed E-state index contributed by atoms with van der Waals surface area (Å²) in [5, 5.41) is 6.72. The molecule has 0 amide bonds. The Kier molecular flexibility index (Phi) is 4.20. The molecule has 0 aliphatic carbocycles. The minimum atomic E-state index is 0.185. The summed E-state index contributed by atoms with van der Waals surface area (Å²) >= 11 is 0. The third-order valence-electron chi connectivity index (χ3n) is 4.02. The standard InChI is InChI=1S/C16H22N4O2/c1-20-7-3-4-12(10-20)22-15-8-11(5-6-14(15)21-2)13-9-18-19-16(13)17/h5-6,8-9,12H,3-4,7,10H2,1-2H3,(H3,17,18,19). The molecule has 1 saturated heterocycles. The first-order valence-corrected chi connectivity index (χ1v) is 7.50. The number of likely N-dealkylation sites (tertiary alicyclic amines) is 1. The summed E-state index contributed by atoms with van der Waals surface area (Å²) in [7, 11) is 3.77. The number of rotatable bonds is 4. The van der Waals surface area contributed by atoms with Gasteiger partial charge in [-0.15, -0.1) is 0 Å². The van der Waals surface area contributed by atoms with Crippen molar-refractivity contribution in [3.63, 3.8) is 0 Å². The number of hydrogen-bond donors (Lipinski definition) is 2. The van der Waals surface area contributed by atoms with Crippen molar-refractivity contribution in [3.05, 3.63) is 24.4 Å². The van der Waals surface area contributed by atoms with Gasteiger partial charge in [0.05, 0.1) is 13.3 Å². The van der Waals surface area contributed by atoms with Crippen LogP contribution in [0.2, 0.25) is 0 Å². The van der Waals surface area contributed by atoms with Crippen LogP contribution in [0, 0.1) is 0 Å². The summed E-state index contributed by atoms with van der Waals surface area (Å²) in [5.41, 5.74) is 7.73. The number of nitrogens with zero attached hydrogens (tertiary/aromatic N) is 2. The van der Waals surface area contributed by atoms with Gasteiger partial charge in [0, 0.05) is 12.1 Å². The van der Waals surface area contributed by atoms with Gasteiger partial charge in [-0.3, -0.25) is 5.10 Å². The van der Waals surface area contributed by atoms with E-state index in [9.17, 15) is 0 Å². The van der Waals surface area contributed by atoms with Gasteiger partial charge in [-0.1, -0.05) is 6.07 Å². The van der Waals surface area contributed by atoms with Gasteiger partial charge in [0.1, 0.15) is 11.9 Å². The lowest BCUT2D eigenvalue weighted by Crippen LogP contribution is -2.38. The van der Waals surface area contributed by atoms with Gasteiger partial charge in [0.25, 0.3) is 0 Å². The highest BCUT2D eigenvalue weighted by atomic mass is 16.5. The summed E-state index contributed by atoms with van der Waals surface area (Å²) in [6.45, 7) is 2.06. The number of hydrogen-bond acceptors (Lipinski definition) is 5. The normalized spacial score (nSPS) is 19.1. The first-order valence-electron chi connectivity index (χ1n) is 7.50. The van der Waals surface area contributed by atoms with Crippen LogP contribution in [0.3, 0.4) is 0 Å². The second-order valence-electron chi connectivity index (χ2n) is 5.71. The first kappa shape index (κ1) is 14.7. The van der Waals surface area contributed by atoms with Gasteiger partial charge in [-0.05, 0) is 44.1 Å². The van der Waals surface area contributed by atoms with Crippen LogP contribution in [-0.4, -0.2) is 48.4 Å². The van der Waals surface area contributed by atoms with Gasteiger partial charge in [-0.2, -0.15) is 5.10 Å². The number of nitrogen functional groups attached to an aromatic ring is 1. The lowest BCUT2D eigenvalue weighted by molar-refractivity contribution is 0.101. The van der Waals surface area contributed by atoms with Crippen LogP contribution in [0.4, 0.5) is 5.82 Å². The van der Waals surface area contributed by atoms with Gasteiger partial charge in [-0.25, -0.2) is 0 Å². The number of H-pyrrole nitrogens is 1. The molecule has 2 heterocycles. The molecule has 1 aliphatic rings. The molecular weight excluding hydrogens is 280 g/mol. The zero-order valence-corrected chi connectivity index (χ0v) is 13.0. The third kappa shape index (κ3) is 3.01. The molecule has 3 N–H and O–H groups in total. The number of aromatic amines is 1. The van der Waals surface area contributed by atoms with Crippen LogP contribution in [-0.2, 0) is 0 Å². The molecule has 6 nitrogen and oxygen atoms in total. The van der Waals surface area contributed by atoms with Crippen molar-refractivity contribution < 1.29 is 9.47 Å². The fourth-order valence-corrected chi connectivity index (χ4v) is 2.86. The van der Waals surface area contributed by atoms with Crippen LogP contribution in [0.15, 0.2) is 24.4 Å². The lowest BCUT2D eigenvalue weighted by Gasteiger charge is -2.30. The van der Waals surface area contributed by atoms with Crippen molar-refractivity contribution in [1.29, 1.82) is 0 Å². The highest BCUT2D eigenvalue weighted by molar-refractivity contribution is 5.75. The van der Waals surface area contributed by atoms with E-state index in [1.54, 1.807) is 13.3 Å². The van der Waals surface area contributed by atoms with Crippen LogP contribution in [0.25, 0.3) is 11.1 Å². The van der Waals surface area contributed by atoms with Crippen LogP contribution in [0.1, 0.15) is 12.8 Å². The Morgan fingerprint density at radius 2 is 2.23 bits per heavy atom. The number of likely N-dealkylation sites (N-methyl/N-ethyl adjacent to an activating group) is 1. The molecular formula is C16H22N4O2. The molecule has 2 aromatic rings. The maximum absolute atomic E-state index is 6.19. The van der Waals surface area contributed by atoms with Crippen molar-refractivity contribution in [2.24, 2.45) is 0 Å². The molecule has 1 aliphatic heterocycles. The number of nitrogens with two attached hydrogens (primary N) is 1. The largest absolute Gasteiger partial charge is 0.493 e. The van der Waals surface area contributed by atoms with E-state index < -0.39 is 0 Å². The summed E-state index contributed by atoms with van der Waals surface area (Å²) in [5.74, 6) is 2.04. The highest BCUT2D eigenvalue weighted by Crippen LogP contribution is 2.35. The number of methoxy groups -OCH3 is 1. The fraction of sp³-hybridized carbons (Fsp3) is 0.438. The topological polar surface area (TPSA) is 76.4 Å². The van der Waals surface area contributed by atoms with E-state index in [4.69, 9.17) is 15.2 Å². The Morgan fingerprint density at radius 3 is 2.91 bits per heavy atom. The predicted molar refractivity (Wildman–Crippen MR) is 86.1 cm³/mol. The Balaban J connectivity index is 1.86. The summed E-state index contributed by atoms with van der Waals surface area (Å²) in [6, 6.07) is 5.83. The molecule has 1 aromatic heterocycles. The molecule has 3 rings (SSSR count). The Labute approximate surface area is 130 Å². The van der Waals surface area contributed by atoms with Gasteiger partial charge in [0.2, 0.25) is 0 Å². The van der Waals surface area contributed by atoms with Crippen molar-refractivity contribution in [3.8, 4) is 22.6 Å². The average Bonchev–Trinajstić information content (AvgIpc) is 2.93. The van der Waals surface area contributed by atoms with E-state index in [0.29, 0.717) is 5.82 Å². The lowest BCUT2D eigenvalue weighted by atomic mass is 10.1. The maximum atomic E-state index is 6.19. The molecule has 6 heteroatoms. The zero-order chi connectivity index (χ0) is 15.5. The number of anilines is 1. The molecule has 1 atom stereocenters. The van der Waals surface area contributed by atoms with Crippen molar-refractivity contribution in [2.45, 2.75) is 18.9 Å². The highest BCUT2D eigenvalue weighted by Gasteiger charge is 2.20. The zero-order valence-electron chi connectivity index (χ0n) is 13.0. The van der Waals surface area contributed by atoms with Crippen LogP contribution >= 0.6 is 0 Å². The summed E-state index contributed by atoms with van der Waals surface area (Å²) in [4.78, 5) is 2.29. The number of aromatic nitrogens is 2. The predicted octanol–water partition coefficient (Wildman–Crippen LogP) is 2.14. The van der Waals surface area contributed by atoms with Crippen molar-refractivity contribution >= 4 is 5.82 Å². The molecule has 0 bridgehead atoms. The molecule has 1 fully saturated rings. The Bertz CT molecular complexity index is 641. The molecule has 0 saturated carbocycles. The second kappa shape index (κ2) is 6.27. The summed E-state index contributed by atoms with van der Waals surface area (Å²) < 4.78 is 11.6. The fourth-order valence-electron chi connectivity index (χ4n) is 2.86. The first-order chi connectivity index (χ1) is 10.7. The van der Waals surface area contributed by atoms with Crippen LogP contribution in [0.5, 0.6) is 11.5 Å². The van der Waals surface area contributed by atoms with E-state index in [0.717, 1.165) is 48.6 Å². The Morgan fingerprint density at radius 1 is 1.36 bits per heavy atom. The van der Waals surface area contributed by atoms with Crippen molar-refractivity contribution in [2.75, 3.05) is 33.0 Å². The molecule has 1 aromatic carbocycles. The SMILES string of the molecule is COc1ccc(-c2cn[nH]c2N)cc1OC1CCCN(C)C1. The van der Waals surface area contributed by atoms with E-state index in [2.05, 4.69) is 22.1 Å². The second-order valence-corrected chi connectivity index (χ2v) is 5.71. The van der Waals surface area contributed by atoms with E-state index in [1.165, 1.54) is 0 Å². The monoisotopic (exact) mass is 302 g/mol. The molecule has 1 unspecified atom stereocenters. The number of ether oxygens (including phenoxy) is 2. The van der Waals surface area contributed by atoms with Gasteiger partial charge in [0.15, 0.2) is 11.5 Å². The minimum Gasteiger partial charge on any atom is -0.493 e. The number of benzene rings is 1. The number of nitrogens with one attached hydrogen (secondary N) is 1. The van der Waals surface area contributed by atoms with E-state index in [1.807, 2.05) is 18.2 Å². The molecule has 118 valence electrons. The van der Waals surface area contributed by atoms with E-state index >= 15 is 0 Å². The van der Waals surface area contributed by atoms with Crippen molar-refractivity contribution in [1.82, 2.24) is 15.1 Å². The average molecular weight is 302 g/mol.